The minimum Gasteiger partial charge on any atom is -0.494 e. The normalized spacial score (nSPS) is 14.7. The Morgan fingerprint density at radius 2 is 1.78 bits per heavy atom. The van der Waals surface area contributed by atoms with Crippen LogP contribution in [0.4, 0.5) is 10.5 Å². The van der Waals surface area contributed by atoms with E-state index in [9.17, 15) is 24.5 Å². The number of rotatable bonds is 9. The van der Waals surface area contributed by atoms with Crippen molar-refractivity contribution in [2.45, 2.75) is 13.8 Å². The van der Waals surface area contributed by atoms with E-state index in [0.717, 1.165) is 16.7 Å². The Labute approximate surface area is 188 Å². The Hall–Kier alpha value is -3.66. The Bertz CT molecular complexity index is 1100. The number of hydrogen-bond donors (Lipinski definition) is 0. The van der Waals surface area contributed by atoms with E-state index in [1.54, 1.807) is 24.3 Å². The highest BCUT2D eigenvalue weighted by Gasteiger charge is 2.36. The van der Waals surface area contributed by atoms with Gasteiger partial charge in [0.15, 0.2) is 5.78 Å². The van der Waals surface area contributed by atoms with Crippen molar-refractivity contribution in [1.29, 1.82) is 0 Å². The van der Waals surface area contributed by atoms with Crippen LogP contribution in [0.1, 0.15) is 29.8 Å². The van der Waals surface area contributed by atoms with Crippen LogP contribution in [0.3, 0.4) is 0 Å². The standard InChI is InChI=1S/C22H20N2O7S/c1-3-30-17-10-7-15(19(12-17)31-4-2)11-20-21(26)23(22(27)32-20)13-18(25)14-5-8-16(9-6-14)24(28)29/h5-12H,3-4,13H2,1-2H3/b20-11+. The number of ether oxygens (including phenoxy) is 2. The average Bonchev–Trinajstić information content (AvgIpc) is 3.03. The Morgan fingerprint density at radius 3 is 2.41 bits per heavy atom. The first-order valence-corrected chi connectivity index (χ1v) is 10.6. The first-order chi connectivity index (χ1) is 15.3. The van der Waals surface area contributed by atoms with Crippen LogP contribution in [0.15, 0.2) is 47.4 Å². The topological polar surface area (TPSA) is 116 Å². The summed E-state index contributed by atoms with van der Waals surface area (Å²) in [7, 11) is 0. The fourth-order valence-corrected chi connectivity index (χ4v) is 3.78. The molecule has 2 aromatic rings. The number of nitrogens with zero attached hydrogens (tertiary/aromatic N) is 2. The number of nitro benzene ring substituents is 1. The summed E-state index contributed by atoms with van der Waals surface area (Å²) < 4.78 is 11.1. The van der Waals surface area contributed by atoms with Gasteiger partial charge in [0, 0.05) is 29.3 Å². The second-order valence-electron chi connectivity index (χ2n) is 6.56. The molecule has 0 aliphatic carbocycles. The molecule has 0 unspecified atom stereocenters. The molecule has 0 aromatic heterocycles. The summed E-state index contributed by atoms with van der Waals surface area (Å²) in [6.45, 7) is 4.13. The Morgan fingerprint density at radius 1 is 1.09 bits per heavy atom. The van der Waals surface area contributed by atoms with Gasteiger partial charge < -0.3 is 9.47 Å². The predicted octanol–water partition coefficient (Wildman–Crippen LogP) is 4.31. The third kappa shape index (κ3) is 5.14. The molecule has 1 fully saturated rings. The second kappa shape index (κ2) is 10.1. The minimum atomic E-state index is -0.591. The highest BCUT2D eigenvalue weighted by molar-refractivity contribution is 8.18. The number of thioether (sulfide) groups is 1. The highest BCUT2D eigenvalue weighted by atomic mass is 32.2. The summed E-state index contributed by atoms with van der Waals surface area (Å²) in [5.74, 6) is 0.0354. The molecule has 0 spiro atoms. The van der Waals surface area contributed by atoms with Gasteiger partial charge in [-0.05, 0) is 56.0 Å². The van der Waals surface area contributed by atoms with Crippen molar-refractivity contribution in [2.24, 2.45) is 0 Å². The van der Waals surface area contributed by atoms with Gasteiger partial charge in [-0.25, -0.2) is 0 Å². The number of hydrogen-bond acceptors (Lipinski definition) is 8. The number of nitro groups is 1. The van der Waals surface area contributed by atoms with E-state index in [-0.39, 0.29) is 16.2 Å². The lowest BCUT2D eigenvalue weighted by Gasteiger charge is -2.12. The summed E-state index contributed by atoms with van der Waals surface area (Å²) in [4.78, 5) is 48.8. The third-order valence-electron chi connectivity index (χ3n) is 4.46. The van der Waals surface area contributed by atoms with Gasteiger partial charge in [-0.2, -0.15) is 0 Å². The lowest BCUT2D eigenvalue weighted by molar-refractivity contribution is -0.384. The van der Waals surface area contributed by atoms with E-state index in [2.05, 4.69) is 0 Å². The van der Waals surface area contributed by atoms with Gasteiger partial charge in [-0.1, -0.05) is 0 Å². The van der Waals surface area contributed by atoms with Crippen LogP contribution in [0.5, 0.6) is 11.5 Å². The molecule has 9 nitrogen and oxygen atoms in total. The van der Waals surface area contributed by atoms with Crippen LogP contribution in [-0.2, 0) is 4.79 Å². The molecule has 0 N–H and O–H groups in total. The zero-order valence-corrected chi connectivity index (χ0v) is 18.2. The molecule has 2 amide bonds. The van der Waals surface area contributed by atoms with Crippen molar-refractivity contribution in [1.82, 2.24) is 4.90 Å². The lowest BCUT2D eigenvalue weighted by atomic mass is 10.1. The van der Waals surface area contributed by atoms with Crippen molar-refractivity contribution in [3.8, 4) is 11.5 Å². The fourth-order valence-electron chi connectivity index (χ4n) is 2.95. The molecule has 1 aliphatic heterocycles. The van der Waals surface area contributed by atoms with Gasteiger partial charge in [0.05, 0.1) is 29.6 Å². The van der Waals surface area contributed by atoms with Crippen LogP contribution >= 0.6 is 11.8 Å². The van der Waals surface area contributed by atoms with E-state index >= 15 is 0 Å². The summed E-state index contributed by atoms with van der Waals surface area (Å²) >= 11 is 0.732. The fraction of sp³-hybridized carbons (Fsp3) is 0.227. The molecular formula is C22H20N2O7S. The number of benzene rings is 2. The minimum absolute atomic E-state index is 0.156. The van der Waals surface area contributed by atoms with Gasteiger partial charge in [-0.3, -0.25) is 29.4 Å². The number of Topliss-reactive ketones (excluding diaryl/α,β-unsaturated/α-hetero) is 1. The number of carbonyl (C=O) groups is 3. The Balaban J connectivity index is 1.79. The first-order valence-electron chi connectivity index (χ1n) is 9.76. The second-order valence-corrected chi connectivity index (χ2v) is 7.55. The molecule has 1 aliphatic rings. The summed E-state index contributed by atoms with van der Waals surface area (Å²) in [6, 6.07) is 10.2. The van der Waals surface area contributed by atoms with E-state index < -0.39 is 28.4 Å². The Kier molecular flexibility index (Phi) is 7.26. The zero-order chi connectivity index (χ0) is 23.3. The van der Waals surface area contributed by atoms with Crippen molar-refractivity contribution in [3.63, 3.8) is 0 Å². The molecule has 166 valence electrons. The maximum Gasteiger partial charge on any atom is 0.293 e. The largest absolute Gasteiger partial charge is 0.494 e. The van der Waals surface area contributed by atoms with E-state index in [1.807, 2.05) is 13.8 Å². The number of non-ortho nitro benzene ring substituents is 1. The highest BCUT2D eigenvalue weighted by Crippen LogP contribution is 2.35. The van der Waals surface area contributed by atoms with Crippen molar-refractivity contribution >= 4 is 40.5 Å². The molecule has 10 heteroatoms. The summed E-state index contributed by atoms with van der Waals surface area (Å²) in [5, 5.41) is 10.2. The third-order valence-corrected chi connectivity index (χ3v) is 5.37. The molecular weight excluding hydrogens is 436 g/mol. The van der Waals surface area contributed by atoms with Gasteiger partial charge in [0.1, 0.15) is 11.5 Å². The van der Waals surface area contributed by atoms with Crippen LogP contribution < -0.4 is 9.47 Å². The SMILES string of the molecule is CCOc1ccc(/C=C2/SC(=O)N(CC(=O)c3ccc([N+](=O)[O-])cc3)C2=O)c(OCC)c1. The summed E-state index contributed by atoms with van der Waals surface area (Å²) in [6.07, 6.45) is 1.54. The van der Waals surface area contributed by atoms with Crippen LogP contribution in [0, 0.1) is 10.1 Å². The predicted molar refractivity (Wildman–Crippen MR) is 119 cm³/mol. The lowest BCUT2D eigenvalue weighted by Crippen LogP contribution is -2.33. The maximum absolute atomic E-state index is 12.8. The molecule has 0 atom stereocenters. The molecule has 0 saturated carbocycles. The van der Waals surface area contributed by atoms with Crippen LogP contribution in [0.2, 0.25) is 0 Å². The monoisotopic (exact) mass is 456 g/mol. The van der Waals surface area contributed by atoms with E-state index in [1.165, 1.54) is 24.3 Å². The van der Waals surface area contributed by atoms with Crippen LogP contribution in [0.25, 0.3) is 6.08 Å². The van der Waals surface area contributed by atoms with Crippen molar-refractivity contribution < 1.29 is 28.8 Å². The van der Waals surface area contributed by atoms with E-state index in [4.69, 9.17) is 9.47 Å². The average molecular weight is 456 g/mol. The quantitative estimate of drug-likeness (QED) is 0.237. The van der Waals surface area contributed by atoms with Gasteiger partial charge in [0.25, 0.3) is 16.8 Å². The zero-order valence-electron chi connectivity index (χ0n) is 17.4. The van der Waals surface area contributed by atoms with Gasteiger partial charge in [0.2, 0.25) is 0 Å². The summed E-state index contributed by atoms with van der Waals surface area (Å²) in [5.41, 5.74) is 0.613. The molecule has 3 rings (SSSR count). The van der Waals surface area contributed by atoms with Gasteiger partial charge >= 0.3 is 0 Å². The van der Waals surface area contributed by atoms with Crippen molar-refractivity contribution in [2.75, 3.05) is 19.8 Å². The molecule has 1 saturated heterocycles. The van der Waals surface area contributed by atoms with Gasteiger partial charge in [-0.15, -0.1) is 0 Å². The molecule has 0 bridgehead atoms. The smallest absolute Gasteiger partial charge is 0.293 e. The molecule has 2 aromatic carbocycles. The number of carbonyl (C=O) groups excluding carboxylic acids is 3. The van der Waals surface area contributed by atoms with E-state index in [0.29, 0.717) is 30.3 Å². The molecule has 1 heterocycles. The number of amides is 2. The molecule has 32 heavy (non-hydrogen) atoms. The maximum atomic E-state index is 12.8. The number of imide groups is 1. The van der Waals surface area contributed by atoms with Crippen molar-refractivity contribution in [3.05, 3.63) is 68.6 Å². The number of ketones is 1. The molecule has 0 radical (unpaired) electrons. The first kappa shape index (κ1) is 23.0. The van der Waals surface area contributed by atoms with Crippen LogP contribution in [-0.4, -0.2) is 46.5 Å².